The Morgan fingerprint density at radius 2 is 1.35 bits per heavy atom. The molecule has 2 aromatic rings. The maximum absolute atomic E-state index is 13.8. The van der Waals surface area contributed by atoms with Gasteiger partial charge < -0.3 is 0 Å². The highest BCUT2D eigenvalue weighted by atomic mass is 19.1. The number of hydrogen-bond acceptors (Lipinski definition) is 3. The first-order valence-electron chi connectivity index (χ1n) is 5.88. The number of benzene rings is 2. The Labute approximate surface area is 113 Å². The fourth-order valence-electron chi connectivity index (χ4n) is 2.15. The van der Waals surface area contributed by atoms with Gasteiger partial charge in [0.2, 0.25) is 0 Å². The third-order valence-corrected chi connectivity index (χ3v) is 3.10. The number of imide groups is 1. The topological polar surface area (TPSA) is 54.5 Å². The lowest BCUT2D eigenvalue weighted by Gasteiger charge is -2.25. The smallest absolute Gasteiger partial charge is 0.283 e. The second-order valence-corrected chi connectivity index (χ2v) is 4.27. The number of fused-ring (bicyclic) bond motifs is 1. The molecule has 0 fully saturated rings. The van der Waals surface area contributed by atoms with Crippen molar-refractivity contribution in [3.8, 4) is 0 Å². The molecule has 2 amide bonds. The van der Waals surface area contributed by atoms with E-state index in [0.717, 1.165) is 6.07 Å². The zero-order valence-electron chi connectivity index (χ0n) is 10.2. The van der Waals surface area contributed by atoms with E-state index in [0.29, 0.717) is 4.90 Å². The van der Waals surface area contributed by atoms with Gasteiger partial charge in [0, 0.05) is 5.56 Å². The van der Waals surface area contributed by atoms with Crippen LogP contribution in [0.3, 0.4) is 0 Å². The second kappa shape index (κ2) is 4.38. The van der Waals surface area contributed by atoms with Gasteiger partial charge in [-0.05, 0) is 18.2 Å². The van der Waals surface area contributed by atoms with E-state index in [9.17, 15) is 18.8 Å². The number of amides is 2. The van der Waals surface area contributed by atoms with Crippen molar-refractivity contribution in [3.05, 3.63) is 65.5 Å². The SMILES string of the molecule is O=C1C(=O)N(c2ccccc2F)C(=O)c2ccccc21. The van der Waals surface area contributed by atoms with Crippen molar-refractivity contribution in [2.75, 3.05) is 4.90 Å². The average molecular weight is 269 g/mol. The highest BCUT2D eigenvalue weighted by molar-refractivity contribution is 6.55. The van der Waals surface area contributed by atoms with E-state index in [1.165, 1.54) is 30.3 Å². The summed E-state index contributed by atoms with van der Waals surface area (Å²) in [5.74, 6) is -3.29. The van der Waals surface area contributed by atoms with E-state index >= 15 is 0 Å². The van der Waals surface area contributed by atoms with Crippen molar-refractivity contribution in [1.29, 1.82) is 0 Å². The highest BCUT2D eigenvalue weighted by Gasteiger charge is 2.39. The molecule has 0 unspecified atom stereocenters. The van der Waals surface area contributed by atoms with Crippen LogP contribution < -0.4 is 4.90 Å². The predicted octanol–water partition coefficient (Wildman–Crippen LogP) is 2.20. The molecule has 0 spiro atoms. The van der Waals surface area contributed by atoms with Crippen LogP contribution >= 0.6 is 0 Å². The summed E-state index contributed by atoms with van der Waals surface area (Å²) in [7, 11) is 0. The monoisotopic (exact) mass is 269 g/mol. The molecule has 1 aliphatic heterocycles. The zero-order chi connectivity index (χ0) is 14.3. The van der Waals surface area contributed by atoms with E-state index < -0.39 is 23.4 Å². The number of carbonyl (C=O) groups excluding carboxylic acids is 3. The van der Waals surface area contributed by atoms with Crippen LogP contribution in [0.25, 0.3) is 0 Å². The van der Waals surface area contributed by atoms with Crippen molar-refractivity contribution in [3.63, 3.8) is 0 Å². The summed E-state index contributed by atoms with van der Waals surface area (Å²) in [5.41, 5.74) is -0.0687. The Morgan fingerprint density at radius 3 is 2.05 bits per heavy atom. The number of anilines is 1. The first-order chi connectivity index (χ1) is 9.61. The Bertz CT molecular complexity index is 754. The molecule has 5 heteroatoms. The molecule has 20 heavy (non-hydrogen) atoms. The van der Waals surface area contributed by atoms with Gasteiger partial charge in [0.15, 0.2) is 0 Å². The van der Waals surface area contributed by atoms with E-state index in [-0.39, 0.29) is 16.8 Å². The normalized spacial score (nSPS) is 14.4. The largest absolute Gasteiger partial charge is 0.306 e. The van der Waals surface area contributed by atoms with Gasteiger partial charge in [0.25, 0.3) is 11.7 Å². The quantitative estimate of drug-likeness (QED) is 0.589. The number of para-hydroxylation sites is 1. The fraction of sp³-hybridized carbons (Fsp3) is 0. The van der Waals surface area contributed by atoms with Crippen LogP contribution in [0.5, 0.6) is 0 Å². The van der Waals surface area contributed by atoms with E-state index in [2.05, 4.69) is 0 Å². The first kappa shape index (κ1) is 12.2. The highest BCUT2D eigenvalue weighted by Crippen LogP contribution is 2.27. The number of carbonyl (C=O) groups is 3. The van der Waals surface area contributed by atoms with Crippen LogP contribution in [0.15, 0.2) is 48.5 Å². The molecule has 0 N–H and O–H groups in total. The van der Waals surface area contributed by atoms with Crippen LogP contribution in [0, 0.1) is 5.82 Å². The minimum atomic E-state index is -1.04. The molecule has 0 saturated heterocycles. The molecule has 1 heterocycles. The van der Waals surface area contributed by atoms with Gasteiger partial charge in [-0.15, -0.1) is 0 Å². The molecule has 0 bridgehead atoms. The molecular formula is C15H8FNO3. The second-order valence-electron chi connectivity index (χ2n) is 4.27. The summed E-state index contributed by atoms with van der Waals surface area (Å²) >= 11 is 0. The van der Waals surface area contributed by atoms with Crippen molar-refractivity contribution in [2.45, 2.75) is 0 Å². The summed E-state index contributed by atoms with van der Waals surface area (Å²) in [6.45, 7) is 0. The third kappa shape index (κ3) is 1.64. The Kier molecular flexibility index (Phi) is 2.68. The lowest BCUT2D eigenvalue weighted by Crippen LogP contribution is -2.46. The minimum Gasteiger partial charge on any atom is -0.283 e. The summed E-state index contributed by atoms with van der Waals surface area (Å²) in [5, 5.41) is 0. The van der Waals surface area contributed by atoms with Crippen molar-refractivity contribution in [2.24, 2.45) is 0 Å². The van der Waals surface area contributed by atoms with E-state index in [4.69, 9.17) is 0 Å². The van der Waals surface area contributed by atoms with Crippen LogP contribution in [0.2, 0.25) is 0 Å². The zero-order valence-corrected chi connectivity index (χ0v) is 10.2. The van der Waals surface area contributed by atoms with Gasteiger partial charge in [-0.25, -0.2) is 9.29 Å². The number of halogens is 1. The minimum absolute atomic E-state index is 0.0510. The standard InChI is InChI=1S/C15H8FNO3/c16-11-7-3-4-8-12(11)17-14(19)10-6-2-1-5-9(10)13(18)15(17)20/h1-8H. The summed E-state index contributed by atoms with van der Waals surface area (Å²) in [6.07, 6.45) is 0. The van der Waals surface area contributed by atoms with Gasteiger partial charge in [-0.3, -0.25) is 14.4 Å². The fourth-order valence-corrected chi connectivity index (χ4v) is 2.15. The lowest BCUT2D eigenvalue weighted by molar-refractivity contribution is -0.114. The Hall–Kier alpha value is -2.82. The molecule has 0 aromatic heterocycles. The van der Waals surface area contributed by atoms with Crippen LogP contribution in [0.1, 0.15) is 20.7 Å². The molecule has 0 aliphatic carbocycles. The Morgan fingerprint density at radius 1 is 0.750 bits per heavy atom. The molecule has 4 nitrogen and oxygen atoms in total. The number of ketones is 1. The molecule has 0 radical (unpaired) electrons. The van der Waals surface area contributed by atoms with E-state index in [1.54, 1.807) is 12.1 Å². The number of hydrogen-bond donors (Lipinski definition) is 0. The molecule has 2 aromatic carbocycles. The predicted molar refractivity (Wildman–Crippen MR) is 69.0 cm³/mol. The molecule has 98 valence electrons. The lowest BCUT2D eigenvalue weighted by atomic mass is 9.97. The van der Waals surface area contributed by atoms with Crippen LogP contribution in [0.4, 0.5) is 10.1 Å². The number of Topliss-reactive ketones (excluding diaryl/α,β-unsaturated/α-hetero) is 1. The maximum atomic E-state index is 13.8. The van der Waals surface area contributed by atoms with Crippen molar-refractivity contribution < 1.29 is 18.8 Å². The van der Waals surface area contributed by atoms with E-state index in [1.807, 2.05) is 0 Å². The first-order valence-corrected chi connectivity index (χ1v) is 5.88. The summed E-state index contributed by atoms with van der Waals surface area (Å²) in [6, 6.07) is 11.3. The van der Waals surface area contributed by atoms with Gasteiger partial charge in [-0.1, -0.05) is 30.3 Å². The molecule has 0 saturated carbocycles. The summed E-state index contributed by atoms with van der Waals surface area (Å²) in [4.78, 5) is 36.9. The maximum Gasteiger partial charge on any atom is 0.306 e. The molecular weight excluding hydrogens is 261 g/mol. The average Bonchev–Trinajstić information content (AvgIpc) is 2.47. The molecule has 1 aliphatic rings. The third-order valence-electron chi connectivity index (χ3n) is 3.10. The van der Waals surface area contributed by atoms with Gasteiger partial charge in [0.05, 0.1) is 11.3 Å². The number of rotatable bonds is 1. The van der Waals surface area contributed by atoms with Crippen LogP contribution in [-0.4, -0.2) is 17.6 Å². The molecule has 0 atom stereocenters. The van der Waals surface area contributed by atoms with Crippen molar-refractivity contribution in [1.82, 2.24) is 0 Å². The molecule has 3 rings (SSSR count). The van der Waals surface area contributed by atoms with Gasteiger partial charge >= 0.3 is 5.91 Å². The Balaban J connectivity index is 2.20. The van der Waals surface area contributed by atoms with Gasteiger partial charge in [0.1, 0.15) is 5.82 Å². The number of nitrogens with zero attached hydrogens (tertiary/aromatic N) is 1. The summed E-state index contributed by atoms with van der Waals surface area (Å²) < 4.78 is 13.8. The van der Waals surface area contributed by atoms with Gasteiger partial charge in [-0.2, -0.15) is 0 Å². The van der Waals surface area contributed by atoms with Crippen molar-refractivity contribution >= 4 is 23.3 Å². The van der Waals surface area contributed by atoms with Crippen LogP contribution in [-0.2, 0) is 4.79 Å².